The predicted octanol–water partition coefficient (Wildman–Crippen LogP) is 7.23. The highest BCUT2D eigenvalue weighted by Crippen LogP contribution is 2.38. The van der Waals surface area contributed by atoms with Crippen LogP contribution in [0, 0.1) is 24.6 Å². The number of rotatable bonds is 8. The largest absolute Gasteiger partial charge is 0.478 e. The van der Waals surface area contributed by atoms with Gasteiger partial charge < -0.3 is 5.11 Å². The summed E-state index contributed by atoms with van der Waals surface area (Å²) in [4.78, 5) is 27.2. The van der Waals surface area contributed by atoms with Crippen LogP contribution >= 0.6 is 0 Å². The van der Waals surface area contributed by atoms with E-state index in [2.05, 4.69) is 16.2 Å². The average molecular weight is 469 g/mol. The molecule has 0 aliphatic rings. The molecule has 2 atom stereocenters. The molecule has 0 aliphatic carbocycles. The first-order valence-corrected chi connectivity index (χ1v) is 11.3. The summed E-state index contributed by atoms with van der Waals surface area (Å²) in [6.07, 6.45) is 2.17. The molecule has 2 unspecified atom stereocenters. The maximum absolute atomic E-state index is 14.2. The summed E-state index contributed by atoms with van der Waals surface area (Å²) in [5, 5.41) is 12.5. The Balaban J connectivity index is 1.70. The highest BCUT2D eigenvalue weighted by atomic mass is 19.1. The van der Waals surface area contributed by atoms with Crippen molar-refractivity contribution in [2.24, 2.45) is 5.18 Å². The molecule has 6 heteroatoms. The normalized spacial score (nSPS) is 12.7. The van der Waals surface area contributed by atoms with Crippen molar-refractivity contribution in [3.8, 4) is 11.1 Å². The van der Waals surface area contributed by atoms with Crippen LogP contribution in [0.5, 0.6) is 0 Å². The van der Waals surface area contributed by atoms with Gasteiger partial charge in [0.1, 0.15) is 11.9 Å². The van der Waals surface area contributed by atoms with E-state index in [4.69, 9.17) is 5.11 Å². The van der Waals surface area contributed by atoms with Gasteiger partial charge in [-0.1, -0.05) is 59.8 Å². The maximum Gasteiger partial charge on any atom is 0.338 e. The van der Waals surface area contributed by atoms with Crippen molar-refractivity contribution in [1.29, 1.82) is 0 Å². The Morgan fingerprint density at radius 3 is 2.29 bits per heavy atom. The molecule has 4 aromatic rings. The van der Waals surface area contributed by atoms with E-state index in [1.807, 2.05) is 68.4 Å². The quantitative estimate of drug-likeness (QED) is 0.277. The minimum absolute atomic E-state index is 0.0902. The van der Waals surface area contributed by atoms with Gasteiger partial charge in [-0.3, -0.25) is 4.98 Å². The fourth-order valence-corrected chi connectivity index (χ4v) is 4.43. The van der Waals surface area contributed by atoms with Crippen LogP contribution in [0.15, 0.2) is 90.2 Å². The number of aromatic nitrogens is 1. The van der Waals surface area contributed by atoms with Crippen molar-refractivity contribution in [3.05, 3.63) is 129 Å². The number of pyridine rings is 1. The Hall–Kier alpha value is -4.19. The lowest BCUT2D eigenvalue weighted by Gasteiger charge is -2.23. The van der Waals surface area contributed by atoms with Crippen LogP contribution in [0.25, 0.3) is 11.1 Å². The van der Waals surface area contributed by atoms with Crippen molar-refractivity contribution in [2.45, 2.75) is 32.2 Å². The summed E-state index contributed by atoms with van der Waals surface area (Å²) >= 11 is 0. The predicted molar refractivity (Wildman–Crippen MR) is 134 cm³/mol. The second-order valence-electron chi connectivity index (χ2n) is 8.62. The summed E-state index contributed by atoms with van der Waals surface area (Å²) < 4.78 is 14.2. The van der Waals surface area contributed by atoms with E-state index in [1.165, 1.54) is 12.1 Å². The van der Waals surface area contributed by atoms with Crippen LogP contribution in [-0.4, -0.2) is 16.1 Å². The number of halogens is 1. The van der Waals surface area contributed by atoms with Crippen molar-refractivity contribution in [2.75, 3.05) is 0 Å². The van der Waals surface area contributed by atoms with Crippen molar-refractivity contribution in [3.63, 3.8) is 0 Å². The van der Waals surface area contributed by atoms with E-state index in [-0.39, 0.29) is 11.5 Å². The molecular weight excluding hydrogens is 443 g/mol. The molecule has 1 heterocycles. The number of aryl methyl sites for hydroxylation is 2. The molecule has 0 radical (unpaired) electrons. The van der Waals surface area contributed by atoms with Crippen LogP contribution in [-0.2, 0) is 0 Å². The summed E-state index contributed by atoms with van der Waals surface area (Å²) in [6, 6.07) is 23.0. The summed E-state index contributed by atoms with van der Waals surface area (Å²) in [5.41, 5.74) is 5.88. The second-order valence-corrected chi connectivity index (χ2v) is 8.62. The highest BCUT2D eigenvalue weighted by Gasteiger charge is 2.23. The van der Waals surface area contributed by atoms with Crippen LogP contribution in [0.1, 0.15) is 56.7 Å². The standard InChI is InChI=1S/C29H25FN2O3/c1-18-5-3-4-6-24(18)26(17-28(32-35)23-13-14-31-19(2)15-23)21-9-7-20(8-10-21)22-11-12-25(29(33)34)27(30)16-22/h3-16,26,28H,17H2,1-2H3,(H,33,34). The number of benzene rings is 3. The zero-order valence-electron chi connectivity index (χ0n) is 19.5. The van der Waals surface area contributed by atoms with E-state index in [9.17, 15) is 14.1 Å². The number of carboxylic acid groups (broad SMARTS) is 1. The first kappa shape index (κ1) is 24.0. The topological polar surface area (TPSA) is 79.6 Å². The molecule has 3 aromatic carbocycles. The fraction of sp³-hybridized carbons (Fsp3) is 0.172. The molecular formula is C29H25FN2O3. The van der Waals surface area contributed by atoms with Gasteiger partial charge in [-0.05, 0) is 77.9 Å². The molecule has 1 N–H and O–H groups in total. The maximum atomic E-state index is 14.2. The monoisotopic (exact) mass is 468 g/mol. The van der Waals surface area contributed by atoms with Crippen LogP contribution in [0.3, 0.4) is 0 Å². The Morgan fingerprint density at radius 1 is 0.943 bits per heavy atom. The van der Waals surface area contributed by atoms with Crippen molar-refractivity contribution >= 4 is 5.97 Å². The summed E-state index contributed by atoms with van der Waals surface area (Å²) in [5.74, 6) is -2.16. The molecule has 1 aromatic heterocycles. The zero-order chi connectivity index (χ0) is 24.9. The molecule has 0 fully saturated rings. The number of hydrogen-bond donors (Lipinski definition) is 1. The lowest BCUT2D eigenvalue weighted by atomic mass is 9.82. The third-order valence-electron chi connectivity index (χ3n) is 6.30. The first-order chi connectivity index (χ1) is 16.9. The first-order valence-electron chi connectivity index (χ1n) is 11.3. The number of hydrogen-bond acceptors (Lipinski definition) is 4. The van der Waals surface area contributed by atoms with Gasteiger partial charge in [-0.25, -0.2) is 9.18 Å². The molecule has 0 saturated carbocycles. The number of carboxylic acids is 1. The van der Waals surface area contributed by atoms with Crippen LogP contribution in [0.4, 0.5) is 4.39 Å². The third-order valence-corrected chi connectivity index (χ3v) is 6.30. The minimum Gasteiger partial charge on any atom is -0.478 e. The minimum atomic E-state index is -1.30. The van der Waals surface area contributed by atoms with Gasteiger partial charge >= 0.3 is 5.97 Å². The zero-order valence-corrected chi connectivity index (χ0v) is 19.5. The Morgan fingerprint density at radius 2 is 1.66 bits per heavy atom. The van der Waals surface area contributed by atoms with Gasteiger partial charge in [-0.2, -0.15) is 4.91 Å². The third kappa shape index (κ3) is 5.32. The molecule has 0 aliphatic heterocycles. The number of carbonyl (C=O) groups is 1. The number of nitroso groups, excluding NO2 is 1. The molecule has 35 heavy (non-hydrogen) atoms. The van der Waals surface area contributed by atoms with Gasteiger partial charge in [-0.15, -0.1) is 0 Å². The molecule has 176 valence electrons. The molecule has 5 nitrogen and oxygen atoms in total. The highest BCUT2D eigenvalue weighted by molar-refractivity contribution is 5.88. The van der Waals surface area contributed by atoms with E-state index in [1.54, 1.807) is 12.3 Å². The smallest absolute Gasteiger partial charge is 0.338 e. The van der Waals surface area contributed by atoms with Gasteiger partial charge in [0, 0.05) is 17.8 Å². The van der Waals surface area contributed by atoms with Gasteiger partial charge in [0.25, 0.3) is 0 Å². The summed E-state index contributed by atoms with van der Waals surface area (Å²) in [7, 11) is 0. The SMILES string of the molecule is Cc1cc(C(CC(c2ccc(-c3ccc(C(=O)O)c(F)c3)cc2)c2ccccc2C)N=O)ccn1. The Labute approximate surface area is 203 Å². The molecule has 0 saturated heterocycles. The van der Waals surface area contributed by atoms with E-state index in [0.29, 0.717) is 12.0 Å². The van der Waals surface area contributed by atoms with Crippen molar-refractivity contribution < 1.29 is 14.3 Å². The molecule has 0 amide bonds. The van der Waals surface area contributed by atoms with Gasteiger partial charge in [0.2, 0.25) is 0 Å². The van der Waals surface area contributed by atoms with E-state index >= 15 is 0 Å². The van der Waals surface area contributed by atoms with Crippen molar-refractivity contribution in [1.82, 2.24) is 4.98 Å². The van der Waals surface area contributed by atoms with Gasteiger partial charge in [0.15, 0.2) is 0 Å². The van der Waals surface area contributed by atoms with Crippen LogP contribution in [0.2, 0.25) is 0 Å². The Kier molecular flexibility index (Phi) is 7.11. The molecule has 4 rings (SSSR count). The lowest BCUT2D eigenvalue weighted by molar-refractivity contribution is 0.0692. The molecule has 0 bridgehead atoms. The van der Waals surface area contributed by atoms with E-state index in [0.717, 1.165) is 33.5 Å². The molecule has 0 spiro atoms. The average Bonchev–Trinajstić information content (AvgIpc) is 2.85. The fourth-order valence-electron chi connectivity index (χ4n) is 4.43. The summed E-state index contributed by atoms with van der Waals surface area (Å²) in [6.45, 7) is 3.93. The lowest BCUT2D eigenvalue weighted by Crippen LogP contribution is -2.09. The number of nitrogens with zero attached hydrogens (tertiary/aromatic N) is 2. The second kappa shape index (κ2) is 10.4. The number of aromatic carboxylic acids is 1. The van der Waals surface area contributed by atoms with Gasteiger partial charge in [0.05, 0.1) is 5.56 Å². The van der Waals surface area contributed by atoms with E-state index < -0.39 is 17.8 Å². The van der Waals surface area contributed by atoms with Crippen LogP contribution < -0.4 is 0 Å². The Bertz CT molecular complexity index is 1370.